The number of likely N-dealkylation sites (tertiary alicyclic amines) is 1. The van der Waals surface area contributed by atoms with Gasteiger partial charge in [0.2, 0.25) is 5.91 Å². The average molecular weight is 393 g/mol. The second kappa shape index (κ2) is 9.09. The molecule has 0 spiro atoms. The standard InChI is InChI=1S/C23H28N4O2/c28-22(18-27-13-7-12-21(27)19-8-3-1-4-9-19)25-14-16-26(17-15-25)23(29)24-20-10-5-2-6-11-20/h1-6,8-11,21H,7,12-18H2,(H,24,29). The van der Waals surface area contributed by atoms with Crippen LogP contribution in [-0.4, -0.2) is 65.9 Å². The number of nitrogens with zero attached hydrogens (tertiary/aromatic N) is 3. The SMILES string of the molecule is O=C(CN1CCCC1c1ccccc1)N1CCN(C(=O)Nc2ccccc2)CC1. The predicted molar refractivity (Wildman–Crippen MR) is 114 cm³/mol. The Balaban J connectivity index is 1.27. The molecule has 29 heavy (non-hydrogen) atoms. The Hall–Kier alpha value is -2.86. The highest BCUT2D eigenvalue weighted by Gasteiger charge is 2.30. The third-order valence-corrected chi connectivity index (χ3v) is 5.83. The number of para-hydroxylation sites is 1. The van der Waals surface area contributed by atoms with Crippen LogP contribution in [0.2, 0.25) is 0 Å². The summed E-state index contributed by atoms with van der Waals surface area (Å²) in [7, 11) is 0. The van der Waals surface area contributed by atoms with Crippen molar-refractivity contribution in [2.24, 2.45) is 0 Å². The molecular weight excluding hydrogens is 364 g/mol. The van der Waals surface area contributed by atoms with E-state index in [-0.39, 0.29) is 11.9 Å². The van der Waals surface area contributed by atoms with E-state index in [9.17, 15) is 9.59 Å². The molecule has 2 aliphatic rings. The highest BCUT2D eigenvalue weighted by Crippen LogP contribution is 2.31. The topological polar surface area (TPSA) is 55.9 Å². The Morgan fingerprint density at radius 1 is 0.828 bits per heavy atom. The number of carbonyl (C=O) groups excluding carboxylic acids is 2. The van der Waals surface area contributed by atoms with Crippen molar-refractivity contribution in [3.63, 3.8) is 0 Å². The van der Waals surface area contributed by atoms with Crippen LogP contribution >= 0.6 is 0 Å². The van der Waals surface area contributed by atoms with E-state index < -0.39 is 0 Å². The van der Waals surface area contributed by atoms with E-state index in [4.69, 9.17) is 0 Å². The monoisotopic (exact) mass is 392 g/mol. The molecule has 1 atom stereocenters. The third-order valence-electron chi connectivity index (χ3n) is 5.83. The minimum atomic E-state index is -0.105. The van der Waals surface area contributed by atoms with Gasteiger partial charge in [-0.25, -0.2) is 4.79 Å². The van der Waals surface area contributed by atoms with Gasteiger partial charge in [-0.3, -0.25) is 9.69 Å². The van der Waals surface area contributed by atoms with Gasteiger partial charge in [-0.15, -0.1) is 0 Å². The first-order valence-corrected chi connectivity index (χ1v) is 10.4. The molecule has 2 saturated heterocycles. The number of benzene rings is 2. The summed E-state index contributed by atoms with van der Waals surface area (Å²) in [5, 5.41) is 2.91. The molecule has 2 fully saturated rings. The fourth-order valence-electron chi connectivity index (χ4n) is 4.22. The number of nitrogens with one attached hydrogen (secondary N) is 1. The molecule has 0 aliphatic carbocycles. The van der Waals surface area contributed by atoms with Crippen molar-refractivity contribution >= 4 is 17.6 Å². The number of anilines is 1. The molecule has 3 amide bonds. The minimum Gasteiger partial charge on any atom is -0.338 e. The molecular formula is C23H28N4O2. The Morgan fingerprint density at radius 2 is 1.45 bits per heavy atom. The summed E-state index contributed by atoms with van der Waals surface area (Å²) in [5.74, 6) is 0.163. The lowest BCUT2D eigenvalue weighted by Crippen LogP contribution is -2.53. The zero-order valence-electron chi connectivity index (χ0n) is 16.7. The molecule has 2 aromatic carbocycles. The molecule has 4 rings (SSSR count). The van der Waals surface area contributed by atoms with Crippen LogP contribution in [0.1, 0.15) is 24.4 Å². The van der Waals surface area contributed by atoms with Crippen molar-refractivity contribution in [2.45, 2.75) is 18.9 Å². The van der Waals surface area contributed by atoms with Gasteiger partial charge in [0.15, 0.2) is 0 Å². The first-order chi connectivity index (χ1) is 14.2. The van der Waals surface area contributed by atoms with Crippen molar-refractivity contribution in [1.29, 1.82) is 0 Å². The van der Waals surface area contributed by atoms with Crippen molar-refractivity contribution in [1.82, 2.24) is 14.7 Å². The zero-order valence-corrected chi connectivity index (χ0v) is 16.7. The van der Waals surface area contributed by atoms with Crippen LogP contribution in [0.4, 0.5) is 10.5 Å². The van der Waals surface area contributed by atoms with Gasteiger partial charge in [-0.2, -0.15) is 0 Å². The fraction of sp³-hybridized carbons (Fsp3) is 0.391. The molecule has 0 aromatic heterocycles. The summed E-state index contributed by atoms with van der Waals surface area (Å²) in [6, 6.07) is 20.1. The lowest BCUT2D eigenvalue weighted by molar-refractivity contribution is -0.134. The van der Waals surface area contributed by atoms with Gasteiger partial charge in [0.25, 0.3) is 0 Å². The predicted octanol–water partition coefficient (Wildman–Crippen LogP) is 3.20. The second-order valence-electron chi connectivity index (χ2n) is 7.70. The van der Waals surface area contributed by atoms with E-state index in [2.05, 4.69) is 34.5 Å². The first-order valence-electron chi connectivity index (χ1n) is 10.4. The number of urea groups is 1. The molecule has 0 bridgehead atoms. The van der Waals surface area contributed by atoms with Crippen LogP contribution in [0.5, 0.6) is 0 Å². The van der Waals surface area contributed by atoms with Crippen LogP contribution in [-0.2, 0) is 4.79 Å². The van der Waals surface area contributed by atoms with Crippen LogP contribution in [0.15, 0.2) is 60.7 Å². The normalized spacial score (nSPS) is 19.9. The van der Waals surface area contributed by atoms with E-state index in [1.165, 1.54) is 5.56 Å². The molecule has 6 nitrogen and oxygen atoms in total. The Kier molecular flexibility index (Phi) is 6.10. The molecule has 2 aromatic rings. The van der Waals surface area contributed by atoms with Crippen molar-refractivity contribution < 1.29 is 9.59 Å². The van der Waals surface area contributed by atoms with Gasteiger partial charge in [0.1, 0.15) is 0 Å². The smallest absolute Gasteiger partial charge is 0.321 e. The summed E-state index contributed by atoms with van der Waals surface area (Å²) in [6.45, 7) is 3.72. The average Bonchev–Trinajstić information content (AvgIpc) is 3.23. The zero-order chi connectivity index (χ0) is 20.1. The van der Waals surface area contributed by atoms with Gasteiger partial charge in [0.05, 0.1) is 6.54 Å². The van der Waals surface area contributed by atoms with E-state index in [0.717, 1.165) is 25.1 Å². The number of hydrogen-bond acceptors (Lipinski definition) is 3. The van der Waals surface area contributed by atoms with E-state index >= 15 is 0 Å². The van der Waals surface area contributed by atoms with Gasteiger partial charge in [-0.1, -0.05) is 48.5 Å². The highest BCUT2D eigenvalue weighted by atomic mass is 16.2. The van der Waals surface area contributed by atoms with Crippen LogP contribution < -0.4 is 5.32 Å². The lowest BCUT2D eigenvalue weighted by Gasteiger charge is -2.36. The number of carbonyl (C=O) groups is 2. The van der Waals surface area contributed by atoms with E-state index in [0.29, 0.717) is 38.8 Å². The van der Waals surface area contributed by atoms with E-state index in [1.54, 1.807) is 4.90 Å². The minimum absolute atomic E-state index is 0.105. The maximum atomic E-state index is 12.9. The lowest BCUT2D eigenvalue weighted by atomic mass is 10.0. The van der Waals surface area contributed by atoms with Gasteiger partial charge < -0.3 is 15.1 Å². The number of amides is 3. The van der Waals surface area contributed by atoms with Gasteiger partial charge in [-0.05, 0) is 37.1 Å². The van der Waals surface area contributed by atoms with Crippen LogP contribution in [0.3, 0.4) is 0 Å². The molecule has 2 heterocycles. The van der Waals surface area contributed by atoms with Crippen LogP contribution in [0.25, 0.3) is 0 Å². The Labute approximate surface area is 172 Å². The summed E-state index contributed by atoms with van der Waals surface area (Å²) in [5.41, 5.74) is 2.08. The molecule has 152 valence electrons. The number of hydrogen-bond donors (Lipinski definition) is 1. The quantitative estimate of drug-likeness (QED) is 0.869. The molecule has 1 unspecified atom stereocenters. The van der Waals surface area contributed by atoms with Crippen molar-refractivity contribution in [3.05, 3.63) is 66.2 Å². The van der Waals surface area contributed by atoms with Gasteiger partial charge in [0, 0.05) is 37.9 Å². The van der Waals surface area contributed by atoms with Gasteiger partial charge >= 0.3 is 6.03 Å². The van der Waals surface area contributed by atoms with Crippen molar-refractivity contribution in [3.8, 4) is 0 Å². The maximum absolute atomic E-state index is 12.9. The highest BCUT2D eigenvalue weighted by molar-refractivity contribution is 5.89. The summed E-state index contributed by atoms with van der Waals surface area (Å²) in [6.07, 6.45) is 2.23. The van der Waals surface area contributed by atoms with E-state index in [1.807, 2.05) is 41.3 Å². The summed E-state index contributed by atoms with van der Waals surface area (Å²) in [4.78, 5) is 31.3. The van der Waals surface area contributed by atoms with Crippen molar-refractivity contribution in [2.75, 3.05) is 44.6 Å². The summed E-state index contributed by atoms with van der Waals surface area (Å²) < 4.78 is 0. The molecule has 0 saturated carbocycles. The molecule has 6 heteroatoms. The third kappa shape index (κ3) is 4.77. The Morgan fingerprint density at radius 3 is 2.14 bits per heavy atom. The number of piperazine rings is 1. The molecule has 1 N–H and O–H groups in total. The molecule has 0 radical (unpaired) electrons. The second-order valence-corrected chi connectivity index (χ2v) is 7.70. The molecule has 2 aliphatic heterocycles. The first kappa shape index (κ1) is 19.5. The maximum Gasteiger partial charge on any atom is 0.321 e. The summed E-state index contributed by atoms with van der Waals surface area (Å²) >= 11 is 0. The van der Waals surface area contributed by atoms with Crippen LogP contribution in [0, 0.1) is 0 Å². The Bertz CT molecular complexity index is 819. The largest absolute Gasteiger partial charge is 0.338 e. The fourth-order valence-corrected chi connectivity index (χ4v) is 4.22. The number of rotatable bonds is 4.